The summed E-state index contributed by atoms with van der Waals surface area (Å²) in [5.41, 5.74) is 6.64. The van der Waals surface area contributed by atoms with Gasteiger partial charge >= 0.3 is 0 Å². The Morgan fingerprint density at radius 1 is 1.21 bits per heavy atom. The molecule has 0 amide bonds. The van der Waals surface area contributed by atoms with Crippen LogP contribution in [0.15, 0.2) is 39.5 Å². The normalized spacial score (nSPS) is 14.6. The average Bonchev–Trinajstić information content (AvgIpc) is 3.41. The lowest BCUT2D eigenvalue weighted by atomic mass is 10.0. The van der Waals surface area contributed by atoms with Crippen molar-refractivity contribution in [2.75, 3.05) is 11.9 Å². The van der Waals surface area contributed by atoms with Crippen LogP contribution in [0.25, 0.3) is 11.1 Å². The van der Waals surface area contributed by atoms with Gasteiger partial charge in [0.05, 0.1) is 29.3 Å². The zero-order valence-electron chi connectivity index (χ0n) is 16.4. The van der Waals surface area contributed by atoms with Gasteiger partial charge in [0.15, 0.2) is 0 Å². The third-order valence-corrected chi connectivity index (χ3v) is 6.13. The maximum Gasteiger partial charge on any atom is 0.141 e. The predicted octanol–water partition coefficient (Wildman–Crippen LogP) is 5.75. The third-order valence-electron chi connectivity index (χ3n) is 5.52. The number of nitriles is 1. The summed E-state index contributed by atoms with van der Waals surface area (Å²) < 4.78 is 6.22. The summed E-state index contributed by atoms with van der Waals surface area (Å²) in [6, 6.07) is 10.8. The van der Waals surface area contributed by atoms with Crippen LogP contribution < -0.4 is 4.90 Å². The lowest BCUT2D eigenvalue weighted by molar-refractivity contribution is 0.393. The second-order valence-corrected chi connectivity index (χ2v) is 8.33. The zero-order chi connectivity index (χ0) is 20.1. The zero-order valence-corrected chi connectivity index (χ0v) is 18.0. The van der Waals surface area contributed by atoms with Crippen molar-refractivity contribution in [2.45, 2.75) is 39.0 Å². The Balaban J connectivity index is 1.73. The highest BCUT2D eigenvalue weighted by molar-refractivity contribution is 9.10. The van der Waals surface area contributed by atoms with Gasteiger partial charge in [-0.25, -0.2) is 0 Å². The number of benzene rings is 1. The highest BCUT2D eigenvalue weighted by Gasteiger charge is 2.47. The maximum absolute atomic E-state index is 9.46. The Labute approximate surface area is 173 Å². The fourth-order valence-corrected chi connectivity index (χ4v) is 4.37. The topological polar surface area (TPSA) is 66.0 Å². The molecule has 4 rings (SSSR count). The van der Waals surface area contributed by atoms with Crippen molar-refractivity contribution >= 4 is 27.3 Å². The Hall–Kier alpha value is -2.65. The second-order valence-electron chi connectivity index (χ2n) is 7.48. The first-order valence-corrected chi connectivity index (χ1v) is 10.0. The summed E-state index contributed by atoms with van der Waals surface area (Å²) in [6.45, 7) is 5.98. The first-order valence-electron chi connectivity index (χ1n) is 9.21. The Morgan fingerprint density at radius 3 is 2.54 bits per heavy atom. The first-order chi connectivity index (χ1) is 13.4. The van der Waals surface area contributed by atoms with E-state index in [-0.39, 0.29) is 0 Å². The molecule has 1 saturated carbocycles. The number of rotatable bonds is 4. The van der Waals surface area contributed by atoms with Gasteiger partial charge in [0.25, 0.3) is 0 Å². The van der Waals surface area contributed by atoms with E-state index in [9.17, 15) is 5.26 Å². The van der Waals surface area contributed by atoms with E-state index < -0.39 is 5.41 Å². The molecule has 0 unspecified atom stereocenters. The smallest absolute Gasteiger partial charge is 0.141 e. The summed E-state index contributed by atoms with van der Waals surface area (Å²) in [5.74, 6) is 0.815. The SMILES string of the molecule is Cc1ccc(-c2c(C)noc2C)cc1N(C)c1cnc(C2(C#N)CC2)c(Br)c1. The van der Waals surface area contributed by atoms with Crippen molar-refractivity contribution in [1.29, 1.82) is 5.26 Å². The van der Waals surface area contributed by atoms with E-state index in [1.807, 2.05) is 33.2 Å². The van der Waals surface area contributed by atoms with Crippen LogP contribution in [0.4, 0.5) is 11.4 Å². The lowest BCUT2D eigenvalue weighted by Gasteiger charge is -2.23. The van der Waals surface area contributed by atoms with Crippen molar-refractivity contribution in [3.8, 4) is 17.2 Å². The summed E-state index contributed by atoms with van der Waals surface area (Å²) in [7, 11) is 2.03. The number of hydrogen-bond donors (Lipinski definition) is 0. The molecule has 5 nitrogen and oxygen atoms in total. The van der Waals surface area contributed by atoms with Crippen LogP contribution in [0, 0.1) is 32.1 Å². The molecule has 1 aliphatic rings. The summed E-state index contributed by atoms with van der Waals surface area (Å²) >= 11 is 3.63. The minimum atomic E-state index is -0.408. The fraction of sp³-hybridized carbons (Fsp3) is 0.318. The maximum atomic E-state index is 9.46. The van der Waals surface area contributed by atoms with Gasteiger partial charge in [-0.1, -0.05) is 17.3 Å². The van der Waals surface area contributed by atoms with Crippen molar-refractivity contribution in [1.82, 2.24) is 10.1 Å². The molecule has 1 aliphatic carbocycles. The van der Waals surface area contributed by atoms with E-state index in [2.05, 4.69) is 62.2 Å². The van der Waals surface area contributed by atoms with Crippen LogP contribution >= 0.6 is 15.9 Å². The van der Waals surface area contributed by atoms with Crippen LogP contribution in [0.3, 0.4) is 0 Å². The molecule has 0 radical (unpaired) electrons. The minimum absolute atomic E-state index is 0.408. The molecular formula is C22H21BrN4O. The lowest BCUT2D eigenvalue weighted by Crippen LogP contribution is -2.13. The highest BCUT2D eigenvalue weighted by atomic mass is 79.9. The molecule has 0 N–H and O–H groups in total. The van der Waals surface area contributed by atoms with E-state index >= 15 is 0 Å². The first kappa shape index (κ1) is 18.7. The van der Waals surface area contributed by atoms with Gasteiger partial charge in [0.2, 0.25) is 0 Å². The number of aryl methyl sites for hydroxylation is 3. The highest BCUT2D eigenvalue weighted by Crippen LogP contribution is 2.49. The van der Waals surface area contributed by atoms with E-state index in [1.165, 1.54) is 0 Å². The fourth-order valence-electron chi connectivity index (χ4n) is 3.65. The molecule has 3 aromatic rings. The molecule has 142 valence electrons. The van der Waals surface area contributed by atoms with Crippen LogP contribution in [0.2, 0.25) is 0 Å². The molecule has 6 heteroatoms. The van der Waals surface area contributed by atoms with Gasteiger partial charge in [0, 0.05) is 22.8 Å². The van der Waals surface area contributed by atoms with Gasteiger partial charge in [-0.3, -0.25) is 4.98 Å². The Morgan fingerprint density at radius 2 is 1.96 bits per heavy atom. The standard InChI is InChI=1S/C22H21BrN4O/c1-13-5-6-16(20-14(2)26-28-15(20)3)9-19(13)27(4)17-10-18(23)21(25-11-17)22(12-24)7-8-22/h5-6,9-11H,7-8H2,1-4H3. The quantitative estimate of drug-likeness (QED) is 0.520. The molecule has 0 aliphatic heterocycles. The monoisotopic (exact) mass is 436 g/mol. The molecule has 2 aromatic heterocycles. The number of anilines is 2. The molecule has 2 heterocycles. The van der Waals surface area contributed by atoms with Gasteiger partial charge < -0.3 is 9.42 Å². The van der Waals surface area contributed by atoms with Crippen LogP contribution in [-0.2, 0) is 5.41 Å². The van der Waals surface area contributed by atoms with Crippen molar-refractivity contribution in [3.63, 3.8) is 0 Å². The second kappa shape index (κ2) is 6.75. The molecule has 0 bridgehead atoms. The largest absolute Gasteiger partial charge is 0.361 e. The molecule has 0 spiro atoms. The van der Waals surface area contributed by atoms with Crippen LogP contribution in [0.5, 0.6) is 0 Å². The number of halogens is 1. The molecule has 28 heavy (non-hydrogen) atoms. The van der Waals surface area contributed by atoms with Gasteiger partial charge in [-0.2, -0.15) is 5.26 Å². The number of nitrogens with zero attached hydrogens (tertiary/aromatic N) is 4. The van der Waals surface area contributed by atoms with Crippen molar-refractivity contribution in [3.05, 3.63) is 57.6 Å². The average molecular weight is 437 g/mol. The minimum Gasteiger partial charge on any atom is -0.361 e. The molecule has 1 fully saturated rings. The Bertz CT molecular complexity index is 1090. The Kier molecular flexibility index (Phi) is 4.51. The van der Waals surface area contributed by atoms with Crippen molar-refractivity contribution in [2.24, 2.45) is 0 Å². The van der Waals surface area contributed by atoms with Gasteiger partial charge in [0.1, 0.15) is 11.2 Å². The predicted molar refractivity (Wildman–Crippen MR) is 113 cm³/mol. The molecule has 0 atom stereocenters. The molecule has 1 aromatic carbocycles. The summed E-state index contributed by atoms with van der Waals surface area (Å²) in [4.78, 5) is 6.74. The van der Waals surface area contributed by atoms with Crippen molar-refractivity contribution < 1.29 is 4.52 Å². The number of aromatic nitrogens is 2. The number of hydrogen-bond acceptors (Lipinski definition) is 5. The number of pyridine rings is 1. The van der Waals surface area contributed by atoms with E-state index in [1.54, 1.807) is 0 Å². The van der Waals surface area contributed by atoms with Crippen LogP contribution in [-0.4, -0.2) is 17.2 Å². The summed E-state index contributed by atoms with van der Waals surface area (Å²) in [6.07, 6.45) is 3.60. The molecule has 0 saturated heterocycles. The molecular weight excluding hydrogens is 416 g/mol. The van der Waals surface area contributed by atoms with Crippen LogP contribution in [0.1, 0.15) is 35.6 Å². The summed E-state index contributed by atoms with van der Waals surface area (Å²) in [5, 5.41) is 13.5. The van der Waals surface area contributed by atoms with E-state index in [0.29, 0.717) is 0 Å². The van der Waals surface area contributed by atoms with E-state index in [0.717, 1.165) is 62.5 Å². The van der Waals surface area contributed by atoms with Gasteiger partial charge in [-0.15, -0.1) is 0 Å². The third kappa shape index (κ3) is 3.00. The van der Waals surface area contributed by atoms with Gasteiger partial charge in [-0.05, 0) is 72.8 Å². The van der Waals surface area contributed by atoms with E-state index in [4.69, 9.17) is 4.52 Å².